The molecule has 2 saturated heterocycles. The number of nitrogens with zero attached hydrogens (tertiary/aromatic N) is 5. The smallest absolute Gasteiger partial charge is 0.236 e. The normalized spacial score (nSPS) is 22.2. The highest BCUT2D eigenvalue weighted by Crippen LogP contribution is 2.17. The Labute approximate surface area is 148 Å². The number of piperazine rings is 1. The Morgan fingerprint density at radius 1 is 1.08 bits per heavy atom. The quantitative estimate of drug-likeness (QED) is 0.786. The maximum Gasteiger partial charge on any atom is 0.236 e. The van der Waals surface area contributed by atoms with Crippen molar-refractivity contribution in [2.24, 2.45) is 0 Å². The molecule has 8 nitrogen and oxygen atoms in total. The number of carbonyl (C=O) groups is 2. The van der Waals surface area contributed by atoms with E-state index in [2.05, 4.69) is 22.0 Å². The molecule has 0 radical (unpaired) electrons. The number of hydrogen-bond donors (Lipinski definition) is 0. The molecule has 1 unspecified atom stereocenters. The average Bonchev–Trinajstić information content (AvgIpc) is 3.00. The summed E-state index contributed by atoms with van der Waals surface area (Å²) in [6.07, 6.45) is 3.56. The summed E-state index contributed by atoms with van der Waals surface area (Å²) >= 11 is 0. The second kappa shape index (κ2) is 7.95. The minimum atomic E-state index is -0.000667. The molecule has 8 heteroatoms. The summed E-state index contributed by atoms with van der Waals surface area (Å²) in [6.45, 7) is 7.89. The molecule has 1 aromatic rings. The molecule has 0 N–H and O–H groups in total. The SMILES string of the molecule is Cc1nnc(CC(=O)N2CCN(CC(=O)N3CCCCC3C)CC2)o1. The summed E-state index contributed by atoms with van der Waals surface area (Å²) in [5.74, 6) is 1.05. The summed E-state index contributed by atoms with van der Waals surface area (Å²) in [5, 5.41) is 7.61. The first-order valence-corrected chi connectivity index (χ1v) is 9.11. The molecule has 25 heavy (non-hydrogen) atoms. The Balaban J connectivity index is 1.43. The van der Waals surface area contributed by atoms with Crippen LogP contribution in [0, 0.1) is 6.92 Å². The second-order valence-corrected chi connectivity index (χ2v) is 6.98. The van der Waals surface area contributed by atoms with E-state index in [9.17, 15) is 9.59 Å². The lowest BCUT2D eigenvalue weighted by Crippen LogP contribution is -2.53. The van der Waals surface area contributed by atoms with Crippen molar-refractivity contribution >= 4 is 11.8 Å². The molecule has 0 spiro atoms. The number of aromatic nitrogens is 2. The largest absolute Gasteiger partial charge is 0.425 e. The van der Waals surface area contributed by atoms with Crippen LogP contribution in [-0.4, -0.2) is 82.0 Å². The maximum absolute atomic E-state index is 12.5. The van der Waals surface area contributed by atoms with Crippen molar-refractivity contribution in [1.29, 1.82) is 0 Å². The average molecular weight is 349 g/mol. The van der Waals surface area contributed by atoms with Crippen LogP contribution in [0.3, 0.4) is 0 Å². The standard InChI is InChI=1S/C17H27N5O3/c1-13-5-3-4-6-22(13)17(24)12-20-7-9-21(10-8-20)16(23)11-15-19-18-14(2)25-15/h13H,3-12H2,1-2H3. The fourth-order valence-electron chi connectivity index (χ4n) is 3.56. The molecule has 1 atom stereocenters. The molecular weight excluding hydrogens is 322 g/mol. The van der Waals surface area contributed by atoms with Crippen molar-refractivity contribution in [3.63, 3.8) is 0 Å². The monoisotopic (exact) mass is 349 g/mol. The Morgan fingerprint density at radius 2 is 1.84 bits per heavy atom. The first-order valence-electron chi connectivity index (χ1n) is 9.11. The van der Waals surface area contributed by atoms with Crippen molar-refractivity contribution in [3.05, 3.63) is 11.8 Å². The number of aryl methyl sites for hydroxylation is 1. The molecule has 0 aliphatic carbocycles. The minimum Gasteiger partial charge on any atom is -0.425 e. The lowest BCUT2D eigenvalue weighted by molar-refractivity contribution is -0.137. The Morgan fingerprint density at radius 3 is 2.48 bits per heavy atom. The summed E-state index contributed by atoms with van der Waals surface area (Å²) < 4.78 is 5.27. The van der Waals surface area contributed by atoms with Gasteiger partial charge in [-0.15, -0.1) is 10.2 Å². The zero-order valence-corrected chi connectivity index (χ0v) is 15.1. The highest BCUT2D eigenvalue weighted by atomic mass is 16.4. The van der Waals surface area contributed by atoms with E-state index < -0.39 is 0 Å². The molecule has 2 aliphatic rings. The molecular formula is C17H27N5O3. The van der Waals surface area contributed by atoms with Crippen molar-refractivity contribution in [2.45, 2.75) is 45.6 Å². The van der Waals surface area contributed by atoms with Gasteiger partial charge in [0, 0.05) is 45.7 Å². The summed E-state index contributed by atoms with van der Waals surface area (Å²) in [7, 11) is 0. The Hall–Kier alpha value is -1.96. The molecule has 2 fully saturated rings. The van der Waals surface area contributed by atoms with Crippen LogP contribution >= 0.6 is 0 Å². The van der Waals surface area contributed by atoms with Crippen LogP contribution < -0.4 is 0 Å². The van der Waals surface area contributed by atoms with Crippen LogP contribution in [0.4, 0.5) is 0 Å². The van der Waals surface area contributed by atoms with Gasteiger partial charge in [-0.25, -0.2) is 0 Å². The van der Waals surface area contributed by atoms with Crippen LogP contribution in [0.1, 0.15) is 38.0 Å². The topological polar surface area (TPSA) is 82.8 Å². The fraction of sp³-hybridized carbons (Fsp3) is 0.765. The van der Waals surface area contributed by atoms with E-state index in [0.29, 0.717) is 37.5 Å². The molecule has 0 aromatic carbocycles. The lowest BCUT2D eigenvalue weighted by Gasteiger charge is -2.38. The highest BCUT2D eigenvalue weighted by Gasteiger charge is 2.27. The van der Waals surface area contributed by atoms with Crippen LogP contribution in [0.2, 0.25) is 0 Å². The van der Waals surface area contributed by atoms with Gasteiger partial charge in [-0.1, -0.05) is 0 Å². The van der Waals surface area contributed by atoms with E-state index in [1.165, 1.54) is 6.42 Å². The summed E-state index contributed by atoms with van der Waals surface area (Å²) in [4.78, 5) is 30.8. The summed E-state index contributed by atoms with van der Waals surface area (Å²) in [6, 6.07) is 0.349. The summed E-state index contributed by atoms with van der Waals surface area (Å²) in [5.41, 5.74) is 0. The van der Waals surface area contributed by atoms with Crippen molar-refractivity contribution in [3.8, 4) is 0 Å². The van der Waals surface area contributed by atoms with Crippen molar-refractivity contribution in [2.75, 3.05) is 39.3 Å². The van der Waals surface area contributed by atoms with Gasteiger partial charge in [0.2, 0.25) is 23.6 Å². The first-order chi connectivity index (χ1) is 12.0. The Kier molecular flexibility index (Phi) is 5.67. The molecule has 3 rings (SSSR count). The van der Waals surface area contributed by atoms with Crippen LogP contribution in [0.15, 0.2) is 4.42 Å². The van der Waals surface area contributed by atoms with Gasteiger partial charge >= 0.3 is 0 Å². The van der Waals surface area contributed by atoms with Gasteiger partial charge in [-0.05, 0) is 26.2 Å². The van der Waals surface area contributed by atoms with Gasteiger partial charge < -0.3 is 14.2 Å². The lowest BCUT2D eigenvalue weighted by atomic mass is 10.0. The minimum absolute atomic E-state index is 0.000667. The molecule has 2 aliphatic heterocycles. The van der Waals surface area contributed by atoms with E-state index in [-0.39, 0.29) is 18.2 Å². The van der Waals surface area contributed by atoms with E-state index >= 15 is 0 Å². The van der Waals surface area contributed by atoms with Gasteiger partial charge in [0.05, 0.1) is 6.54 Å². The number of carbonyl (C=O) groups excluding carboxylic acids is 2. The molecule has 0 bridgehead atoms. The first kappa shape index (κ1) is 17.8. The number of likely N-dealkylation sites (tertiary alicyclic amines) is 1. The van der Waals surface area contributed by atoms with Crippen molar-refractivity contribution < 1.29 is 14.0 Å². The van der Waals surface area contributed by atoms with Crippen LogP contribution in [0.25, 0.3) is 0 Å². The maximum atomic E-state index is 12.5. The van der Waals surface area contributed by atoms with E-state index in [1.54, 1.807) is 6.92 Å². The molecule has 138 valence electrons. The van der Waals surface area contributed by atoms with Crippen molar-refractivity contribution in [1.82, 2.24) is 24.9 Å². The predicted octanol–water partition coefficient (Wildman–Crippen LogP) is 0.466. The number of amides is 2. The molecule has 0 saturated carbocycles. The molecule has 1 aromatic heterocycles. The van der Waals surface area contributed by atoms with Gasteiger partial charge in [-0.2, -0.15) is 0 Å². The third-order valence-electron chi connectivity index (χ3n) is 5.08. The van der Waals surface area contributed by atoms with Gasteiger partial charge in [0.15, 0.2) is 0 Å². The highest BCUT2D eigenvalue weighted by molar-refractivity contribution is 5.79. The molecule has 3 heterocycles. The third-order valence-corrected chi connectivity index (χ3v) is 5.08. The fourth-order valence-corrected chi connectivity index (χ4v) is 3.56. The van der Waals surface area contributed by atoms with Gasteiger partial charge in [0.1, 0.15) is 6.42 Å². The van der Waals surface area contributed by atoms with E-state index in [1.807, 2.05) is 9.80 Å². The predicted molar refractivity (Wildman–Crippen MR) is 90.8 cm³/mol. The third kappa shape index (κ3) is 4.56. The number of rotatable bonds is 4. The zero-order valence-electron chi connectivity index (χ0n) is 15.1. The van der Waals surface area contributed by atoms with Crippen LogP contribution in [0.5, 0.6) is 0 Å². The van der Waals surface area contributed by atoms with E-state index in [4.69, 9.17) is 4.42 Å². The molecule has 2 amide bonds. The van der Waals surface area contributed by atoms with Gasteiger partial charge in [-0.3, -0.25) is 14.5 Å². The zero-order chi connectivity index (χ0) is 17.8. The number of hydrogen-bond acceptors (Lipinski definition) is 6. The van der Waals surface area contributed by atoms with Crippen LogP contribution in [-0.2, 0) is 16.0 Å². The second-order valence-electron chi connectivity index (χ2n) is 6.98. The number of piperidine rings is 1. The van der Waals surface area contributed by atoms with Gasteiger partial charge in [0.25, 0.3) is 0 Å². The van der Waals surface area contributed by atoms with E-state index in [0.717, 1.165) is 32.5 Å². The Bertz CT molecular complexity index is 609.